The van der Waals surface area contributed by atoms with Crippen LogP contribution in [-0.4, -0.2) is 31.1 Å². The molecule has 2 saturated carbocycles. The minimum absolute atomic E-state index is 0.747. The largest absolute Gasteiger partial charge is 0.330 e. The lowest BCUT2D eigenvalue weighted by Gasteiger charge is -2.41. The van der Waals surface area contributed by atoms with E-state index in [0.29, 0.717) is 0 Å². The van der Waals surface area contributed by atoms with Gasteiger partial charge in [-0.1, -0.05) is 26.7 Å². The van der Waals surface area contributed by atoms with Crippen LogP contribution in [0.1, 0.15) is 46.0 Å². The molecular weight excluding hydrogens is 208 g/mol. The highest BCUT2D eigenvalue weighted by molar-refractivity contribution is 4.90. The van der Waals surface area contributed by atoms with Gasteiger partial charge >= 0.3 is 0 Å². The van der Waals surface area contributed by atoms with Crippen LogP contribution in [0.4, 0.5) is 0 Å². The summed E-state index contributed by atoms with van der Waals surface area (Å²) in [6.07, 6.45) is 6.94. The Labute approximate surface area is 107 Å². The molecule has 17 heavy (non-hydrogen) atoms. The van der Waals surface area contributed by atoms with E-state index in [2.05, 4.69) is 25.8 Å². The van der Waals surface area contributed by atoms with Crippen molar-refractivity contribution in [3.05, 3.63) is 0 Å². The first-order chi connectivity index (χ1) is 8.15. The van der Waals surface area contributed by atoms with E-state index in [1.54, 1.807) is 0 Å². The zero-order chi connectivity index (χ0) is 12.4. The molecule has 0 aliphatic heterocycles. The molecule has 2 heteroatoms. The predicted octanol–water partition coefficient (Wildman–Crippen LogP) is 2.73. The summed E-state index contributed by atoms with van der Waals surface area (Å²) in [4.78, 5) is 2.63. The van der Waals surface area contributed by atoms with E-state index in [1.807, 2.05) is 0 Å². The molecule has 0 heterocycles. The van der Waals surface area contributed by atoms with Crippen LogP contribution in [0.5, 0.6) is 0 Å². The molecule has 0 amide bonds. The maximum absolute atomic E-state index is 5.97. The normalized spacial score (nSPS) is 41.8. The fourth-order valence-corrected chi connectivity index (χ4v) is 3.64. The molecule has 2 aliphatic carbocycles. The first-order valence-corrected chi connectivity index (χ1v) is 7.56. The van der Waals surface area contributed by atoms with Gasteiger partial charge in [-0.2, -0.15) is 0 Å². The molecule has 0 radical (unpaired) electrons. The Morgan fingerprint density at radius 2 is 1.88 bits per heavy atom. The van der Waals surface area contributed by atoms with Gasteiger partial charge in [-0.3, -0.25) is 0 Å². The second-order valence-electron chi connectivity index (χ2n) is 6.56. The molecule has 2 rings (SSSR count). The molecule has 0 saturated heterocycles. The Kier molecular flexibility index (Phi) is 4.48. The number of rotatable bonds is 5. The van der Waals surface area contributed by atoms with E-state index in [9.17, 15) is 0 Å². The second-order valence-corrected chi connectivity index (χ2v) is 6.56. The van der Waals surface area contributed by atoms with E-state index in [-0.39, 0.29) is 0 Å². The Balaban J connectivity index is 1.89. The Morgan fingerprint density at radius 1 is 1.18 bits per heavy atom. The summed E-state index contributed by atoms with van der Waals surface area (Å²) in [7, 11) is 2.33. The van der Waals surface area contributed by atoms with Gasteiger partial charge in [0.1, 0.15) is 0 Å². The lowest BCUT2D eigenvalue weighted by molar-refractivity contribution is 0.0972. The minimum Gasteiger partial charge on any atom is -0.330 e. The molecule has 100 valence electrons. The molecule has 2 nitrogen and oxygen atoms in total. The van der Waals surface area contributed by atoms with Gasteiger partial charge in [0.15, 0.2) is 0 Å². The molecule has 5 atom stereocenters. The van der Waals surface area contributed by atoms with Gasteiger partial charge in [-0.25, -0.2) is 0 Å². The smallest absolute Gasteiger partial charge is 0.0135 e. The third-order valence-electron chi connectivity index (χ3n) is 5.31. The second kappa shape index (κ2) is 5.71. The zero-order valence-corrected chi connectivity index (χ0v) is 11.9. The Hall–Kier alpha value is -0.0800. The highest BCUT2D eigenvalue weighted by atomic mass is 15.1. The van der Waals surface area contributed by atoms with Crippen LogP contribution in [0.25, 0.3) is 0 Å². The molecule has 0 aromatic rings. The Morgan fingerprint density at radius 3 is 2.41 bits per heavy atom. The summed E-state index contributed by atoms with van der Waals surface area (Å²) in [5, 5.41) is 0. The van der Waals surface area contributed by atoms with E-state index in [1.165, 1.54) is 38.6 Å². The summed E-state index contributed by atoms with van der Waals surface area (Å²) in [5.74, 6) is 3.64. The number of hydrogen-bond acceptors (Lipinski definition) is 2. The molecule has 2 N–H and O–H groups in total. The van der Waals surface area contributed by atoms with Gasteiger partial charge in [0.2, 0.25) is 0 Å². The summed E-state index contributed by atoms with van der Waals surface area (Å²) < 4.78 is 0. The van der Waals surface area contributed by atoms with Crippen molar-refractivity contribution in [3.8, 4) is 0 Å². The van der Waals surface area contributed by atoms with Crippen molar-refractivity contribution in [1.29, 1.82) is 0 Å². The summed E-state index contributed by atoms with van der Waals surface area (Å²) >= 11 is 0. The maximum atomic E-state index is 5.97. The van der Waals surface area contributed by atoms with E-state index < -0.39 is 0 Å². The molecule has 2 aliphatic rings. The summed E-state index contributed by atoms with van der Waals surface area (Å²) in [6, 6.07) is 0.756. The monoisotopic (exact) mass is 238 g/mol. The first-order valence-electron chi connectivity index (χ1n) is 7.56. The molecule has 0 aromatic heterocycles. The van der Waals surface area contributed by atoms with Gasteiger partial charge in [-0.05, 0) is 56.5 Å². The van der Waals surface area contributed by atoms with Gasteiger partial charge in [0, 0.05) is 12.6 Å². The SMILES string of the molecule is CCC1CCC(CN)C(N(C)CC2CC2C)C1. The van der Waals surface area contributed by atoms with E-state index in [0.717, 1.165) is 36.3 Å². The van der Waals surface area contributed by atoms with Crippen LogP contribution in [0.3, 0.4) is 0 Å². The minimum atomic E-state index is 0.747. The lowest BCUT2D eigenvalue weighted by atomic mass is 9.76. The molecule has 0 bridgehead atoms. The molecule has 0 aromatic carbocycles. The third-order valence-corrected chi connectivity index (χ3v) is 5.31. The topological polar surface area (TPSA) is 29.3 Å². The van der Waals surface area contributed by atoms with Crippen molar-refractivity contribution in [1.82, 2.24) is 4.90 Å². The standard InChI is InChI=1S/C15H30N2/c1-4-12-5-6-13(9-16)15(8-12)17(3)10-14-7-11(14)2/h11-15H,4-10,16H2,1-3H3. The van der Waals surface area contributed by atoms with Crippen molar-refractivity contribution in [2.24, 2.45) is 29.4 Å². The van der Waals surface area contributed by atoms with Gasteiger partial charge in [-0.15, -0.1) is 0 Å². The first kappa shape index (κ1) is 13.4. The number of nitrogens with two attached hydrogens (primary N) is 1. The van der Waals surface area contributed by atoms with Crippen molar-refractivity contribution >= 4 is 0 Å². The van der Waals surface area contributed by atoms with Crippen LogP contribution in [0.2, 0.25) is 0 Å². The van der Waals surface area contributed by atoms with Crippen molar-refractivity contribution in [2.75, 3.05) is 20.1 Å². The van der Waals surface area contributed by atoms with Crippen LogP contribution in [0.15, 0.2) is 0 Å². The zero-order valence-electron chi connectivity index (χ0n) is 11.9. The van der Waals surface area contributed by atoms with Crippen molar-refractivity contribution < 1.29 is 0 Å². The summed E-state index contributed by atoms with van der Waals surface area (Å²) in [6.45, 7) is 6.91. The third kappa shape index (κ3) is 3.23. The fourth-order valence-electron chi connectivity index (χ4n) is 3.64. The van der Waals surface area contributed by atoms with E-state index in [4.69, 9.17) is 5.73 Å². The lowest BCUT2D eigenvalue weighted by Crippen LogP contribution is -2.45. The van der Waals surface area contributed by atoms with Crippen LogP contribution >= 0.6 is 0 Å². The number of hydrogen-bond donors (Lipinski definition) is 1. The molecule has 2 fully saturated rings. The Bertz CT molecular complexity index is 241. The highest BCUT2D eigenvalue weighted by Gasteiger charge is 2.37. The quantitative estimate of drug-likeness (QED) is 0.798. The van der Waals surface area contributed by atoms with Crippen LogP contribution in [-0.2, 0) is 0 Å². The van der Waals surface area contributed by atoms with Gasteiger partial charge in [0.25, 0.3) is 0 Å². The van der Waals surface area contributed by atoms with Gasteiger partial charge < -0.3 is 10.6 Å². The fraction of sp³-hybridized carbons (Fsp3) is 1.00. The maximum Gasteiger partial charge on any atom is 0.0135 e. The molecule has 5 unspecified atom stereocenters. The van der Waals surface area contributed by atoms with Crippen LogP contribution in [0, 0.1) is 23.7 Å². The van der Waals surface area contributed by atoms with Gasteiger partial charge in [0.05, 0.1) is 0 Å². The average molecular weight is 238 g/mol. The number of nitrogens with zero attached hydrogens (tertiary/aromatic N) is 1. The van der Waals surface area contributed by atoms with Crippen LogP contribution < -0.4 is 5.73 Å². The predicted molar refractivity (Wildman–Crippen MR) is 73.9 cm³/mol. The van der Waals surface area contributed by atoms with E-state index >= 15 is 0 Å². The van der Waals surface area contributed by atoms with Crippen molar-refractivity contribution in [3.63, 3.8) is 0 Å². The van der Waals surface area contributed by atoms with Crippen molar-refractivity contribution in [2.45, 2.75) is 52.0 Å². The molecule has 0 spiro atoms. The molecular formula is C15H30N2. The summed E-state index contributed by atoms with van der Waals surface area (Å²) in [5.41, 5.74) is 5.97. The average Bonchev–Trinajstić information content (AvgIpc) is 3.03. The highest BCUT2D eigenvalue weighted by Crippen LogP contribution is 2.40.